The maximum atomic E-state index is 12.8. The molecule has 0 aliphatic heterocycles. The Labute approximate surface area is 389 Å². The van der Waals surface area contributed by atoms with Crippen LogP contribution >= 0.6 is 0 Å². The highest BCUT2D eigenvalue weighted by atomic mass is 16.6. The van der Waals surface area contributed by atoms with E-state index in [0.717, 1.165) is 77.0 Å². The minimum absolute atomic E-state index is 0.103. The van der Waals surface area contributed by atoms with E-state index in [2.05, 4.69) is 81.5 Å². The maximum absolute atomic E-state index is 12.8. The summed E-state index contributed by atoms with van der Waals surface area (Å²) < 4.78 is 16.7. The van der Waals surface area contributed by atoms with Gasteiger partial charge in [-0.1, -0.05) is 209 Å². The van der Waals surface area contributed by atoms with Gasteiger partial charge < -0.3 is 14.2 Å². The molecule has 1 atom stereocenters. The molecule has 0 N–H and O–H groups in total. The van der Waals surface area contributed by atoms with Crippen LogP contribution in [0.25, 0.3) is 0 Å². The molecule has 1 unspecified atom stereocenters. The lowest BCUT2D eigenvalue weighted by molar-refractivity contribution is -0.166. The fraction of sp³-hybridized carbons (Fsp3) is 0.737. The van der Waals surface area contributed by atoms with E-state index in [0.29, 0.717) is 19.3 Å². The third-order valence-corrected chi connectivity index (χ3v) is 11.2. The second kappa shape index (κ2) is 51.5. The van der Waals surface area contributed by atoms with Crippen molar-refractivity contribution in [2.24, 2.45) is 0 Å². The third-order valence-electron chi connectivity index (χ3n) is 11.2. The van der Waals surface area contributed by atoms with Crippen molar-refractivity contribution < 1.29 is 28.6 Å². The molecule has 6 heteroatoms. The second-order valence-corrected chi connectivity index (χ2v) is 17.4. The smallest absolute Gasteiger partial charge is 0.306 e. The number of unbranched alkanes of at least 4 members (excludes halogenated alkanes) is 24. The van der Waals surface area contributed by atoms with E-state index < -0.39 is 6.10 Å². The largest absolute Gasteiger partial charge is 0.462 e. The standard InChI is InChI=1S/C57H98O6/c1-4-7-10-13-16-19-22-25-27-28-29-30-33-35-38-41-44-47-50-56(59)62-53-54(52-61-55(58)49-46-43-40-37-34-31-24-21-18-15-12-9-6-3)63-57(60)51-48-45-42-39-36-32-26-23-20-17-14-11-8-5-2/h9,12,18,21,23,26-28,31,34,40,43,54H,4-8,10-11,13-17,19-20,22,24-25,29-30,32-33,35-39,41-42,44-53H2,1-3H3/b12-9-,21-18-,26-23-,28-27-,34-31-,43-40-. The molecule has 0 fully saturated rings. The van der Waals surface area contributed by atoms with Crippen LogP contribution in [0.2, 0.25) is 0 Å². The van der Waals surface area contributed by atoms with Crippen LogP contribution in [-0.2, 0) is 28.6 Å². The summed E-state index contributed by atoms with van der Waals surface area (Å²) in [7, 11) is 0. The Bertz CT molecular complexity index is 1190. The first-order valence-corrected chi connectivity index (χ1v) is 26.4. The predicted octanol–water partition coefficient (Wildman–Crippen LogP) is 17.4. The average Bonchev–Trinajstić information content (AvgIpc) is 3.28. The summed E-state index contributed by atoms with van der Waals surface area (Å²) in [4.78, 5) is 37.9. The first-order valence-electron chi connectivity index (χ1n) is 26.4. The number of carbonyl (C=O) groups is 3. The van der Waals surface area contributed by atoms with Gasteiger partial charge in [0.1, 0.15) is 13.2 Å². The Morgan fingerprint density at radius 3 is 1.06 bits per heavy atom. The molecule has 0 bridgehead atoms. The predicted molar refractivity (Wildman–Crippen MR) is 270 cm³/mol. The number of hydrogen-bond acceptors (Lipinski definition) is 6. The van der Waals surface area contributed by atoms with E-state index in [1.54, 1.807) is 0 Å². The number of rotatable bonds is 47. The lowest BCUT2D eigenvalue weighted by Crippen LogP contribution is -2.30. The van der Waals surface area contributed by atoms with Gasteiger partial charge >= 0.3 is 17.9 Å². The van der Waals surface area contributed by atoms with Crippen LogP contribution in [0, 0.1) is 0 Å². The molecule has 0 aromatic heterocycles. The van der Waals surface area contributed by atoms with Crippen LogP contribution in [0.4, 0.5) is 0 Å². The van der Waals surface area contributed by atoms with Gasteiger partial charge in [-0.05, 0) is 96.3 Å². The van der Waals surface area contributed by atoms with Crippen molar-refractivity contribution in [1.82, 2.24) is 0 Å². The average molecular weight is 879 g/mol. The van der Waals surface area contributed by atoms with E-state index in [4.69, 9.17) is 14.2 Å². The molecular formula is C57H98O6. The number of hydrogen-bond donors (Lipinski definition) is 0. The number of allylic oxidation sites excluding steroid dienone is 12. The van der Waals surface area contributed by atoms with Gasteiger partial charge in [-0.25, -0.2) is 0 Å². The Balaban J connectivity index is 4.44. The highest BCUT2D eigenvalue weighted by Crippen LogP contribution is 2.14. The number of esters is 3. The molecule has 0 saturated carbocycles. The molecular weight excluding hydrogens is 781 g/mol. The monoisotopic (exact) mass is 879 g/mol. The number of ether oxygens (including phenoxy) is 3. The fourth-order valence-corrected chi connectivity index (χ4v) is 7.21. The molecule has 362 valence electrons. The van der Waals surface area contributed by atoms with E-state index in [9.17, 15) is 14.4 Å². The van der Waals surface area contributed by atoms with E-state index in [1.165, 1.54) is 128 Å². The maximum Gasteiger partial charge on any atom is 0.306 e. The molecule has 0 saturated heterocycles. The van der Waals surface area contributed by atoms with Gasteiger partial charge in [0.15, 0.2) is 6.10 Å². The van der Waals surface area contributed by atoms with Crippen molar-refractivity contribution in [2.45, 2.75) is 258 Å². The lowest BCUT2D eigenvalue weighted by Gasteiger charge is -2.18. The Morgan fingerprint density at radius 1 is 0.333 bits per heavy atom. The first kappa shape index (κ1) is 59.9. The molecule has 6 nitrogen and oxygen atoms in total. The van der Waals surface area contributed by atoms with E-state index in [1.807, 2.05) is 12.2 Å². The quantitative estimate of drug-likeness (QED) is 0.0262. The van der Waals surface area contributed by atoms with E-state index in [-0.39, 0.29) is 37.5 Å². The van der Waals surface area contributed by atoms with Crippen LogP contribution < -0.4 is 0 Å². The van der Waals surface area contributed by atoms with Crippen LogP contribution in [-0.4, -0.2) is 37.2 Å². The summed E-state index contributed by atoms with van der Waals surface area (Å²) in [6, 6.07) is 0. The Hall–Kier alpha value is -3.15. The van der Waals surface area contributed by atoms with Gasteiger partial charge in [-0.3, -0.25) is 14.4 Å². The first-order chi connectivity index (χ1) is 31.0. The van der Waals surface area contributed by atoms with Gasteiger partial charge in [0.05, 0.1) is 0 Å². The van der Waals surface area contributed by atoms with Crippen molar-refractivity contribution in [1.29, 1.82) is 0 Å². The normalized spacial score (nSPS) is 12.6. The molecule has 0 aromatic rings. The zero-order valence-electron chi connectivity index (χ0n) is 41.3. The van der Waals surface area contributed by atoms with Crippen molar-refractivity contribution in [2.75, 3.05) is 13.2 Å². The molecule has 0 spiro atoms. The Morgan fingerprint density at radius 2 is 0.651 bits per heavy atom. The van der Waals surface area contributed by atoms with Crippen molar-refractivity contribution in [3.63, 3.8) is 0 Å². The molecule has 0 rings (SSSR count). The molecule has 0 aromatic carbocycles. The topological polar surface area (TPSA) is 78.9 Å². The molecule has 0 amide bonds. The minimum Gasteiger partial charge on any atom is -0.462 e. The Kier molecular flexibility index (Phi) is 48.9. The zero-order chi connectivity index (χ0) is 45.8. The van der Waals surface area contributed by atoms with Gasteiger partial charge in [0.2, 0.25) is 0 Å². The van der Waals surface area contributed by atoms with Crippen molar-refractivity contribution in [3.05, 3.63) is 72.9 Å². The van der Waals surface area contributed by atoms with E-state index >= 15 is 0 Å². The molecule has 0 aliphatic rings. The summed E-state index contributed by atoms with van der Waals surface area (Å²) in [6.07, 6.45) is 64.7. The van der Waals surface area contributed by atoms with Crippen LogP contribution in [0.3, 0.4) is 0 Å². The van der Waals surface area contributed by atoms with Gasteiger partial charge in [0, 0.05) is 19.3 Å². The number of carbonyl (C=O) groups excluding carboxylic acids is 3. The summed E-state index contributed by atoms with van der Waals surface area (Å²) in [5.74, 6) is -0.998. The van der Waals surface area contributed by atoms with Crippen LogP contribution in [0.5, 0.6) is 0 Å². The van der Waals surface area contributed by atoms with Gasteiger partial charge in [0.25, 0.3) is 0 Å². The summed E-state index contributed by atoms with van der Waals surface area (Å²) in [5, 5.41) is 0. The van der Waals surface area contributed by atoms with Gasteiger partial charge in [-0.2, -0.15) is 0 Å². The fourth-order valence-electron chi connectivity index (χ4n) is 7.21. The molecule has 0 heterocycles. The summed E-state index contributed by atoms with van der Waals surface area (Å²) in [5.41, 5.74) is 0. The molecule has 63 heavy (non-hydrogen) atoms. The van der Waals surface area contributed by atoms with Crippen LogP contribution in [0.15, 0.2) is 72.9 Å². The van der Waals surface area contributed by atoms with Crippen molar-refractivity contribution >= 4 is 17.9 Å². The van der Waals surface area contributed by atoms with Gasteiger partial charge in [-0.15, -0.1) is 0 Å². The SMILES string of the molecule is CC/C=C\C/C=C\C/C=C\C/C=C\CCC(=O)OCC(COC(=O)CCCCCCCCC/C=C\CCCCCCCCC)OC(=O)CCCCCCC/C=C\CCCCCCC. The highest BCUT2D eigenvalue weighted by Gasteiger charge is 2.19. The molecule has 0 aliphatic carbocycles. The summed E-state index contributed by atoms with van der Waals surface area (Å²) in [6.45, 7) is 6.44. The lowest BCUT2D eigenvalue weighted by atomic mass is 10.1. The van der Waals surface area contributed by atoms with Crippen molar-refractivity contribution in [3.8, 4) is 0 Å². The third kappa shape index (κ3) is 49.7. The highest BCUT2D eigenvalue weighted by molar-refractivity contribution is 5.71. The second-order valence-electron chi connectivity index (χ2n) is 17.4. The summed E-state index contributed by atoms with van der Waals surface area (Å²) >= 11 is 0. The zero-order valence-corrected chi connectivity index (χ0v) is 41.3. The minimum atomic E-state index is -0.809. The molecule has 0 radical (unpaired) electrons. The van der Waals surface area contributed by atoms with Crippen LogP contribution in [0.1, 0.15) is 252 Å².